The van der Waals surface area contributed by atoms with Crippen molar-refractivity contribution in [2.75, 3.05) is 18.4 Å². The first-order valence-corrected chi connectivity index (χ1v) is 7.09. The van der Waals surface area contributed by atoms with Gasteiger partial charge in [-0.1, -0.05) is 24.9 Å². The van der Waals surface area contributed by atoms with Crippen LogP contribution in [0.15, 0.2) is 18.2 Å². The number of unbranched alkanes of at least 4 members (excludes halogenated alkanes) is 1. The molecule has 0 aromatic heterocycles. The van der Waals surface area contributed by atoms with Crippen molar-refractivity contribution in [1.29, 1.82) is 0 Å². The second kappa shape index (κ2) is 8.24. The van der Waals surface area contributed by atoms with Crippen LogP contribution in [0.3, 0.4) is 0 Å². The summed E-state index contributed by atoms with van der Waals surface area (Å²) >= 11 is 5.80. The van der Waals surface area contributed by atoms with Crippen LogP contribution >= 0.6 is 11.6 Å². The first-order valence-electron chi connectivity index (χ1n) is 6.72. The lowest BCUT2D eigenvalue weighted by molar-refractivity contribution is -0.137. The molecule has 0 bridgehead atoms. The maximum Gasteiger partial charge on any atom is 0.416 e. The number of amides is 1. The molecule has 3 nitrogen and oxygen atoms in total. The van der Waals surface area contributed by atoms with Crippen LogP contribution in [0, 0.1) is 0 Å². The van der Waals surface area contributed by atoms with E-state index in [0.29, 0.717) is 6.54 Å². The standard InChI is InChI=1S/C14H18ClF3N2O/c1-2-3-7-19-8-6-13(21)20-12-9-10(14(16,17)18)4-5-11(12)15/h4-5,9,19H,2-3,6-8H2,1H3,(H,20,21). The molecule has 0 aliphatic carbocycles. The molecular weight excluding hydrogens is 305 g/mol. The molecule has 1 amide bonds. The Morgan fingerprint density at radius 3 is 2.62 bits per heavy atom. The summed E-state index contributed by atoms with van der Waals surface area (Å²) < 4.78 is 37.8. The van der Waals surface area contributed by atoms with Gasteiger partial charge in [0.1, 0.15) is 0 Å². The lowest BCUT2D eigenvalue weighted by Gasteiger charge is -2.11. The molecule has 0 saturated heterocycles. The summed E-state index contributed by atoms with van der Waals surface area (Å²) in [5.41, 5.74) is -0.867. The van der Waals surface area contributed by atoms with Gasteiger partial charge in [0.05, 0.1) is 16.3 Å². The van der Waals surface area contributed by atoms with Crippen molar-refractivity contribution in [3.63, 3.8) is 0 Å². The third-order valence-corrected chi connectivity index (χ3v) is 3.13. The molecule has 0 fully saturated rings. The van der Waals surface area contributed by atoms with Crippen molar-refractivity contribution in [2.24, 2.45) is 0 Å². The molecule has 7 heteroatoms. The van der Waals surface area contributed by atoms with Gasteiger partial charge in [-0.2, -0.15) is 13.2 Å². The van der Waals surface area contributed by atoms with E-state index in [1.807, 2.05) is 0 Å². The molecule has 1 rings (SSSR count). The highest BCUT2D eigenvalue weighted by Crippen LogP contribution is 2.33. The van der Waals surface area contributed by atoms with Crippen LogP contribution in [-0.4, -0.2) is 19.0 Å². The number of hydrogen-bond acceptors (Lipinski definition) is 2. The molecular formula is C14H18ClF3N2O. The van der Waals surface area contributed by atoms with Crippen LogP contribution in [0.2, 0.25) is 5.02 Å². The minimum Gasteiger partial charge on any atom is -0.325 e. The molecule has 0 saturated carbocycles. The lowest BCUT2D eigenvalue weighted by Crippen LogP contribution is -2.22. The van der Waals surface area contributed by atoms with Crippen molar-refractivity contribution in [3.05, 3.63) is 28.8 Å². The molecule has 0 heterocycles. The molecule has 0 spiro atoms. The quantitative estimate of drug-likeness (QED) is 0.743. The summed E-state index contributed by atoms with van der Waals surface area (Å²) in [6.07, 6.45) is -2.22. The van der Waals surface area contributed by atoms with Crippen LogP contribution in [0.4, 0.5) is 18.9 Å². The second-order valence-corrected chi connectivity index (χ2v) is 5.00. The van der Waals surface area contributed by atoms with Crippen molar-refractivity contribution in [1.82, 2.24) is 5.32 Å². The van der Waals surface area contributed by atoms with E-state index in [1.165, 1.54) is 0 Å². The Balaban J connectivity index is 2.55. The van der Waals surface area contributed by atoms with Gasteiger partial charge in [0, 0.05) is 13.0 Å². The summed E-state index contributed by atoms with van der Waals surface area (Å²) in [6.45, 7) is 3.35. The van der Waals surface area contributed by atoms with Gasteiger partial charge in [0.25, 0.3) is 0 Å². The Kier molecular flexibility index (Phi) is 6.98. The smallest absolute Gasteiger partial charge is 0.325 e. The predicted molar refractivity (Wildman–Crippen MR) is 77.5 cm³/mol. The first-order chi connectivity index (χ1) is 9.84. The predicted octanol–water partition coefficient (Wildman–Crippen LogP) is 4.08. The summed E-state index contributed by atoms with van der Waals surface area (Å²) in [4.78, 5) is 11.7. The summed E-state index contributed by atoms with van der Waals surface area (Å²) in [7, 11) is 0. The fourth-order valence-corrected chi connectivity index (χ4v) is 1.80. The molecule has 2 N–H and O–H groups in total. The molecule has 0 atom stereocenters. The number of alkyl halides is 3. The summed E-state index contributed by atoms with van der Waals surface area (Å²) in [5.74, 6) is -0.375. The molecule has 0 aliphatic heterocycles. The molecule has 1 aromatic rings. The molecule has 0 radical (unpaired) electrons. The van der Waals surface area contributed by atoms with Crippen molar-refractivity contribution in [2.45, 2.75) is 32.4 Å². The number of nitrogens with one attached hydrogen (secondary N) is 2. The average molecular weight is 323 g/mol. The first kappa shape index (κ1) is 17.8. The highest BCUT2D eigenvalue weighted by molar-refractivity contribution is 6.33. The fraction of sp³-hybridized carbons (Fsp3) is 0.500. The van der Waals surface area contributed by atoms with Gasteiger partial charge in [-0.3, -0.25) is 4.79 Å². The SMILES string of the molecule is CCCCNCCC(=O)Nc1cc(C(F)(F)F)ccc1Cl. The number of anilines is 1. The van der Waals surface area contributed by atoms with Gasteiger partial charge in [-0.25, -0.2) is 0 Å². The fourth-order valence-electron chi connectivity index (χ4n) is 1.64. The van der Waals surface area contributed by atoms with E-state index < -0.39 is 11.7 Å². The Morgan fingerprint density at radius 1 is 1.29 bits per heavy atom. The van der Waals surface area contributed by atoms with Crippen LogP contribution in [0.1, 0.15) is 31.7 Å². The Morgan fingerprint density at radius 2 is 2.00 bits per heavy atom. The molecule has 1 aromatic carbocycles. The van der Waals surface area contributed by atoms with Crippen molar-refractivity contribution in [3.8, 4) is 0 Å². The molecule has 0 aliphatic rings. The van der Waals surface area contributed by atoms with Gasteiger partial charge in [-0.05, 0) is 31.2 Å². The normalized spacial score (nSPS) is 11.5. The monoisotopic (exact) mass is 322 g/mol. The molecule has 118 valence electrons. The van der Waals surface area contributed by atoms with E-state index in [0.717, 1.165) is 37.6 Å². The number of carbonyl (C=O) groups excluding carboxylic acids is 1. The van der Waals surface area contributed by atoms with Gasteiger partial charge in [-0.15, -0.1) is 0 Å². The van der Waals surface area contributed by atoms with E-state index in [-0.39, 0.29) is 23.0 Å². The Labute approximate surface area is 126 Å². The highest BCUT2D eigenvalue weighted by atomic mass is 35.5. The summed E-state index contributed by atoms with van der Waals surface area (Å²) in [6, 6.07) is 2.84. The van der Waals surface area contributed by atoms with E-state index in [4.69, 9.17) is 11.6 Å². The third kappa shape index (κ3) is 6.35. The lowest BCUT2D eigenvalue weighted by atomic mass is 10.2. The van der Waals surface area contributed by atoms with Crippen molar-refractivity contribution >= 4 is 23.2 Å². The van der Waals surface area contributed by atoms with Crippen LogP contribution in [0.25, 0.3) is 0 Å². The van der Waals surface area contributed by atoms with Crippen molar-refractivity contribution < 1.29 is 18.0 Å². The van der Waals surface area contributed by atoms with E-state index in [1.54, 1.807) is 0 Å². The molecule has 21 heavy (non-hydrogen) atoms. The van der Waals surface area contributed by atoms with Crippen LogP contribution in [0.5, 0.6) is 0 Å². The number of hydrogen-bond donors (Lipinski definition) is 2. The van der Waals surface area contributed by atoms with Gasteiger partial charge < -0.3 is 10.6 Å². The van der Waals surface area contributed by atoms with E-state index >= 15 is 0 Å². The zero-order valence-electron chi connectivity index (χ0n) is 11.7. The zero-order chi connectivity index (χ0) is 15.9. The van der Waals surface area contributed by atoms with Crippen LogP contribution in [-0.2, 0) is 11.0 Å². The number of benzene rings is 1. The minimum atomic E-state index is -4.47. The van der Waals surface area contributed by atoms with Crippen LogP contribution < -0.4 is 10.6 Å². The largest absolute Gasteiger partial charge is 0.416 e. The second-order valence-electron chi connectivity index (χ2n) is 4.59. The zero-order valence-corrected chi connectivity index (χ0v) is 12.4. The number of carbonyl (C=O) groups is 1. The number of halogens is 4. The number of rotatable bonds is 7. The Bertz CT molecular complexity index is 478. The minimum absolute atomic E-state index is 0.0231. The van der Waals surface area contributed by atoms with E-state index in [9.17, 15) is 18.0 Å². The maximum atomic E-state index is 12.6. The molecule has 0 unspecified atom stereocenters. The average Bonchev–Trinajstić information content (AvgIpc) is 2.40. The highest BCUT2D eigenvalue weighted by Gasteiger charge is 2.31. The van der Waals surface area contributed by atoms with Gasteiger partial charge >= 0.3 is 6.18 Å². The van der Waals surface area contributed by atoms with E-state index in [2.05, 4.69) is 17.6 Å². The third-order valence-electron chi connectivity index (χ3n) is 2.80. The maximum absolute atomic E-state index is 12.6. The van der Waals surface area contributed by atoms with Gasteiger partial charge in [0.2, 0.25) is 5.91 Å². The Hall–Kier alpha value is -1.27. The topological polar surface area (TPSA) is 41.1 Å². The van der Waals surface area contributed by atoms with Gasteiger partial charge in [0.15, 0.2) is 0 Å². The summed E-state index contributed by atoms with van der Waals surface area (Å²) in [5, 5.41) is 5.56.